The zero-order valence-electron chi connectivity index (χ0n) is 14.2. The summed E-state index contributed by atoms with van der Waals surface area (Å²) in [6.45, 7) is 1.99. The van der Waals surface area contributed by atoms with Gasteiger partial charge in [-0.05, 0) is 42.5 Å². The van der Waals surface area contributed by atoms with Crippen LogP contribution in [0.1, 0.15) is 12.5 Å². The average molecular weight is 336 g/mol. The van der Waals surface area contributed by atoms with Gasteiger partial charge < -0.3 is 20.7 Å². The van der Waals surface area contributed by atoms with Gasteiger partial charge in [-0.1, -0.05) is 0 Å². The summed E-state index contributed by atoms with van der Waals surface area (Å²) in [4.78, 5) is 17.6. The SMILES string of the molecule is COc1ccc(NC(C)=O)cc1N1CC(N)=CC=C1c1cccnc1. The highest BCUT2D eigenvalue weighted by atomic mass is 16.5. The van der Waals surface area contributed by atoms with Gasteiger partial charge in [-0.25, -0.2) is 0 Å². The summed E-state index contributed by atoms with van der Waals surface area (Å²) in [7, 11) is 1.62. The van der Waals surface area contributed by atoms with Gasteiger partial charge in [0.15, 0.2) is 0 Å². The van der Waals surface area contributed by atoms with Crippen LogP contribution in [0.4, 0.5) is 11.4 Å². The highest BCUT2D eigenvalue weighted by molar-refractivity contribution is 5.91. The number of methoxy groups -OCH3 is 1. The third-order valence-corrected chi connectivity index (χ3v) is 3.83. The lowest BCUT2D eigenvalue weighted by Crippen LogP contribution is -2.29. The summed E-state index contributed by atoms with van der Waals surface area (Å²) in [5, 5.41) is 2.80. The summed E-state index contributed by atoms with van der Waals surface area (Å²) in [6, 6.07) is 9.39. The van der Waals surface area contributed by atoms with Crippen molar-refractivity contribution in [2.75, 3.05) is 23.9 Å². The van der Waals surface area contributed by atoms with Gasteiger partial charge >= 0.3 is 0 Å². The van der Waals surface area contributed by atoms with Gasteiger partial charge in [-0.15, -0.1) is 0 Å². The summed E-state index contributed by atoms with van der Waals surface area (Å²) in [5.74, 6) is 0.566. The first kappa shape index (κ1) is 16.6. The predicted molar refractivity (Wildman–Crippen MR) is 99.1 cm³/mol. The summed E-state index contributed by atoms with van der Waals surface area (Å²) in [5.41, 5.74) is 10.2. The highest BCUT2D eigenvalue weighted by Crippen LogP contribution is 2.37. The second-order valence-electron chi connectivity index (χ2n) is 5.69. The number of pyridine rings is 1. The molecule has 1 aliphatic rings. The van der Waals surface area contributed by atoms with Gasteiger partial charge in [0.05, 0.1) is 25.0 Å². The number of rotatable bonds is 4. The van der Waals surface area contributed by atoms with Crippen LogP contribution < -0.4 is 20.7 Å². The molecule has 1 amide bonds. The number of amides is 1. The Morgan fingerprint density at radius 3 is 2.84 bits per heavy atom. The zero-order valence-corrected chi connectivity index (χ0v) is 14.2. The number of benzene rings is 1. The Balaban J connectivity index is 2.08. The molecule has 0 fully saturated rings. The molecule has 0 radical (unpaired) electrons. The van der Waals surface area contributed by atoms with E-state index in [4.69, 9.17) is 10.5 Å². The first-order chi connectivity index (χ1) is 12.1. The molecule has 3 rings (SSSR count). The van der Waals surface area contributed by atoms with Crippen molar-refractivity contribution in [3.05, 3.63) is 66.1 Å². The van der Waals surface area contributed by atoms with E-state index in [1.807, 2.05) is 36.4 Å². The van der Waals surface area contributed by atoms with Crippen molar-refractivity contribution in [3.8, 4) is 5.75 Å². The lowest BCUT2D eigenvalue weighted by Gasteiger charge is -2.31. The predicted octanol–water partition coefficient (Wildman–Crippen LogP) is 2.75. The fraction of sp³-hybridized carbons (Fsp3) is 0.158. The van der Waals surface area contributed by atoms with Gasteiger partial charge in [0.25, 0.3) is 0 Å². The lowest BCUT2D eigenvalue weighted by atomic mass is 10.1. The van der Waals surface area contributed by atoms with E-state index in [1.165, 1.54) is 6.92 Å². The topological polar surface area (TPSA) is 80.5 Å². The molecule has 0 atom stereocenters. The molecule has 6 heteroatoms. The van der Waals surface area contributed by atoms with Gasteiger partial charge in [0.2, 0.25) is 5.91 Å². The Hall–Kier alpha value is -3.28. The van der Waals surface area contributed by atoms with Crippen LogP contribution in [0.25, 0.3) is 5.70 Å². The van der Waals surface area contributed by atoms with Gasteiger partial charge in [-0.3, -0.25) is 9.78 Å². The van der Waals surface area contributed by atoms with Crippen LogP contribution in [0, 0.1) is 0 Å². The molecule has 0 unspecified atom stereocenters. The molecule has 1 aromatic heterocycles. The van der Waals surface area contributed by atoms with E-state index in [-0.39, 0.29) is 5.91 Å². The number of nitrogens with two attached hydrogens (primary N) is 1. The maximum Gasteiger partial charge on any atom is 0.221 e. The number of nitrogens with zero attached hydrogens (tertiary/aromatic N) is 2. The van der Waals surface area contributed by atoms with Crippen molar-refractivity contribution >= 4 is 23.0 Å². The molecular formula is C19H20N4O2. The minimum Gasteiger partial charge on any atom is -0.495 e. The number of ether oxygens (including phenoxy) is 1. The Morgan fingerprint density at radius 1 is 1.32 bits per heavy atom. The Bertz CT molecular complexity index is 844. The van der Waals surface area contributed by atoms with E-state index >= 15 is 0 Å². The standard InChI is InChI=1S/C19H20N4O2/c1-13(24)22-16-6-8-19(25-2)18(10-16)23-12-15(20)5-7-17(23)14-4-3-9-21-11-14/h3-11H,12,20H2,1-2H3,(H,22,24). The van der Waals surface area contributed by atoms with Crippen LogP contribution in [-0.4, -0.2) is 24.5 Å². The normalized spacial score (nSPS) is 13.8. The van der Waals surface area contributed by atoms with E-state index in [0.29, 0.717) is 18.0 Å². The minimum atomic E-state index is -0.128. The third kappa shape index (κ3) is 3.63. The molecule has 0 spiro atoms. The van der Waals surface area contributed by atoms with Crippen molar-refractivity contribution in [2.24, 2.45) is 5.73 Å². The number of aromatic nitrogens is 1. The van der Waals surface area contributed by atoms with Gasteiger partial charge in [-0.2, -0.15) is 0 Å². The molecule has 0 saturated heterocycles. The zero-order chi connectivity index (χ0) is 17.8. The quantitative estimate of drug-likeness (QED) is 0.897. The monoisotopic (exact) mass is 336 g/mol. The Kier molecular flexibility index (Phi) is 4.70. The summed E-state index contributed by atoms with van der Waals surface area (Å²) in [6.07, 6.45) is 7.39. The fourth-order valence-electron chi connectivity index (χ4n) is 2.76. The second-order valence-corrected chi connectivity index (χ2v) is 5.69. The number of carbonyl (C=O) groups is 1. The van der Waals surface area contributed by atoms with Crippen LogP contribution >= 0.6 is 0 Å². The van der Waals surface area contributed by atoms with E-state index in [2.05, 4.69) is 15.2 Å². The molecule has 3 N–H and O–H groups in total. The molecule has 0 bridgehead atoms. The first-order valence-electron chi connectivity index (χ1n) is 7.88. The number of hydrogen-bond donors (Lipinski definition) is 2. The molecule has 2 aromatic rings. The van der Waals surface area contributed by atoms with Crippen LogP contribution in [-0.2, 0) is 4.79 Å². The fourth-order valence-corrected chi connectivity index (χ4v) is 2.76. The molecule has 2 heterocycles. The van der Waals surface area contributed by atoms with E-state index in [1.54, 1.807) is 25.6 Å². The number of carbonyl (C=O) groups excluding carboxylic acids is 1. The summed E-state index contributed by atoms with van der Waals surface area (Å²) < 4.78 is 5.52. The minimum absolute atomic E-state index is 0.128. The van der Waals surface area contributed by atoms with Crippen molar-refractivity contribution in [3.63, 3.8) is 0 Å². The Labute approximate surface area is 146 Å². The van der Waals surface area contributed by atoms with Crippen LogP contribution in [0.3, 0.4) is 0 Å². The highest BCUT2D eigenvalue weighted by Gasteiger charge is 2.21. The largest absolute Gasteiger partial charge is 0.495 e. The van der Waals surface area contributed by atoms with E-state index in [9.17, 15) is 4.79 Å². The van der Waals surface area contributed by atoms with Crippen molar-refractivity contribution in [1.29, 1.82) is 0 Å². The molecule has 128 valence electrons. The lowest BCUT2D eigenvalue weighted by molar-refractivity contribution is -0.114. The first-order valence-corrected chi connectivity index (χ1v) is 7.88. The number of anilines is 2. The number of nitrogens with one attached hydrogen (secondary N) is 1. The van der Waals surface area contributed by atoms with Crippen LogP contribution in [0.2, 0.25) is 0 Å². The molecule has 6 nitrogen and oxygen atoms in total. The van der Waals surface area contributed by atoms with Crippen molar-refractivity contribution in [2.45, 2.75) is 6.92 Å². The van der Waals surface area contributed by atoms with Crippen molar-refractivity contribution in [1.82, 2.24) is 4.98 Å². The smallest absolute Gasteiger partial charge is 0.221 e. The third-order valence-electron chi connectivity index (χ3n) is 3.83. The summed E-state index contributed by atoms with van der Waals surface area (Å²) >= 11 is 0. The molecule has 0 saturated carbocycles. The second kappa shape index (κ2) is 7.09. The average Bonchev–Trinajstić information content (AvgIpc) is 2.62. The molecular weight excluding hydrogens is 316 g/mol. The van der Waals surface area contributed by atoms with Crippen LogP contribution in [0.15, 0.2) is 60.6 Å². The van der Waals surface area contributed by atoms with Gasteiger partial charge in [0.1, 0.15) is 5.75 Å². The maximum atomic E-state index is 11.4. The van der Waals surface area contributed by atoms with Crippen LogP contribution in [0.5, 0.6) is 5.75 Å². The van der Waals surface area contributed by atoms with E-state index in [0.717, 1.165) is 22.6 Å². The number of hydrogen-bond acceptors (Lipinski definition) is 5. The number of allylic oxidation sites excluding steroid dienone is 2. The molecule has 1 aliphatic heterocycles. The molecule has 1 aromatic carbocycles. The Morgan fingerprint density at radius 2 is 2.16 bits per heavy atom. The van der Waals surface area contributed by atoms with Crippen molar-refractivity contribution < 1.29 is 9.53 Å². The molecule has 0 aliphatic carbocycles. The van der Waals surface area contributed by atoms with E-state index < -0.39 is 0 Å². The molecule has 25 heavy (non-hydrogen) atoms. The maximum absolute atomic E-state index is 11.4. The van der Waals surface area contributed by atoms with Gasteiger partial charge in [0, 0.05) is 36.3 Å².